The zero-order valence-electron chi connectivity index (χ0n) is 5.06. The summed E-state index contributed by atoms with van der Waals surface area (Å²) in [5.41, 5.74) is 0.715. The van der Waals surface area contributed by atoms with E-state index in [2.05, 4.69) is 0 Å². The molecule has 1 aromatic rings. The molecule has 10 heavy (non-hydrogen) atoms. The Bertz CT molecular complexity index is 205. The van der Waals surface area contributed by atoms with Gasteiger partial charge in [0.1, 0.15) is 0 Å². The summed E-state index contributed by atoms with van der Waals surface area (Å²) in [5.74, 6) is 0. The summed E-state index contributed by atoms with van der Waals surface area (Å²) in [6, 6.07) is 11.2. The fourth-order valence-electron chi connectivity index (χ4n) is 0.513. The van der Waals surface area contributed by atoms with Gasteiger partial charge in [0.15, 0.2) is 0 Å². The van der Waals surface area contributed by atoms with Crippen molar-refractivity contribution in [2.75, 3.05) is 0 Å². The average molecular weight is 246 g/mol. The van der Waals surface area contributed by atoms with Crippen LogP contribution in [-0.2, 0) is 20.4 Å². The molecule has 0 aliphatic carbocycles. The molecule has 0 heterocycles. The Balaban J connectivity index is 0. The molecule has 0 unspecified atom stereocenters. The standard InChI is InChI=1S/C7H5N.ClH.Pd/c8-6-7-4-2-1-3-5-7;;/h1-5H;1H;. The number of halogens is 1. The molecule has 0 saturated heterocycles. The maximum Gasteiger partial charge on any atom is 0.0991 e. The monoisotopic (exact) mass is 245 g/mol. The average Bonchev–Trinajstić information content (AvgIpc) is 1.90. The van der Waals surface area contributed by atoms with Gasteiger partial charge < -0.3 is 0 Å². The Hall–Kier alpha value is -0.338. The van der Waals surface area contributed by atoms with Gasteiger partial charge in [-0.1, -0.05) is 18.2 Å². The summed E-state index contributed by atoms with van der Waals surface area (Å²) in [7, 11) is 0. The summed E-state index contributed by atoms with van der Waals surface area (Å²) < 4.78 is 0. The fraction of sp³-hybridized carbons (Fsp3) is 0. The van der Waals surface area contributed by atoms with Crippen molar-refractivity contribution in [2.45, 2.75) is 0 Å². The van der Waals surface area contributed by atoms with Crippen molar-refractivity contribution in [3.05, 3.63) is 35.9 Å². The van der Waals surface area contributed by atoms with Gasteiger partial charge in [-0.15, -0.1) is 12.4 Å². The number of hydrogen-bond acceptors (Lipinski definition) is 1. The van der Waals surface area contributed by atoms with Crippen LogP contribution >= 0.6 is 12.4 Å². The van der Waals surface area contributed by atoms with E-state index in [-0.39, 0.29) is 32.8 Å². The normalized spacial score (nSPS) is 6.30. The van der Waals surface area contributed by atoms with E-state index in [1.807, 2.05) is 24.3 Å². The van der Waals surface area contributed by atoms with Crippen molar-refractivity contribution in [1.29, 1.82) is 5.26 Å². The summed E-state index contributed by atoms with van der Waals surface area (Å²) >= 11 is 0. The quantitative estimate of drug-likeness (QED) is 0.642. The molecular weight excluding hydrogens is 240 g/mol. The van der Waals surface area contributed by atoms with E-state index < -0.39 is 0 Å². The number of nitrogens with zero attached hydrogens (tertiary/aromatic N) is 1. The molecule has 3 heteroatoms. The molecule has 0 N–H and O–H groups in total. The van der Waals surface area contributed by atoms with Crippen molar-refractivity contribution in [2.24, 2.45) is 0 Å². The Kier molecular flexibility index (Phi) is 8.37. The topological polar surface area (TPSA) is 23.8 Å². The van der Waals surface area contributed by atoms with Crippen LogP contribution in [0.3, 0.4) is 0 Å². The molecule has 0 atom stereocenters. The van der Waals surface area contributed by atoms with Crippen molar-refractivity contribution in [3.63, 3.8) is 0 Å². The smallest absolute Gasteiger partial charge is 0.0991 e. The Morgan fingerprint density at radius 3 is 1.90 bits per heavy atom. The van der Waals surface area contributed by atoms with E-state index >= 15 is 0 Å². The molecule has 1 nitrogen and oxygen atoms in total. The van der Waals surface area contributed by atoms with Crippen molar-refractivity contribution in [3.8, 4) is 6.07 Å². The minimum atomic E-state index is 0. The molecule has 0 aliphatic heterocycles. The van der Waals surface area contributed by atoms with Crippen LogP contribution in [0.15, 0.2) is 30.3 Å². The summed E-state index contributed by atoms with van der Waals surface area (Å²) in [6.45, 7) is 0. The second-order valence-electron chi connectivity index (χ2n) is 1.48. The molecule has 1 aromatic carbocycles. The SMILES string of the molecule is Cl.N#Cc1ccccc1.[Pd]. The van der Waals surface area contributed by atoms with E-state index in [0.29, 0.717) is 5.56 Å². The summed E-state index contributed by atoms with van der Waals surface area (Å²) in [6.07, 6.45) is 0. The predicted molar refractivity (Wildman–Crippen MR) is 38.4 cm³/mol. The zero-order valence-corrected chi connectivity index (χ0v) is 7.43. The van der Waals surface area contributed by atoms with Crippen LogP contribution < -0.4 is 0 Å². The summed E-state index contributed by atoms with van der Waals surface area (Å²) in [5, 5.41) is 8.29. The molecule has 0 aliphatic rings. The van der Waals surface area contributed by atoms with Gasteiger partial charge in [0.05, 0.1) is 11.6 Å². The zero-order chi connectivity index (χ0) is 5.82. The van der Waals surface area contributed by atoms with Gasteiger partial charge in [-0.25, -0.2) is 0 Å². The Morgan fingerprint density at radius 2 is 1.60 bits per heavy atom. The first-order chi connectivity index (χ1) is 3.93. The molecule has 1 rings (SSSR count). The van der Waals surface area contributed by atoms with E-state index in [4.69, 9.17) is 5.26 Å². The molecular formula is C7H6ClNPd. The van der Waals surface area contributed by atoms with Gasteiger partial charge in [-0.3, -0.25) is 0 Å². The van der Waals surface area contributed by atoms with Crippen LogP contribution in [0.25, 0.3) is 0 Å². The predicted octanol–water partition coefficient (Wildman–Crippen LogP) is 1.98. The maximum atomic E-state index is 8.29. The van der Waals surface area contributed by atoms with Gasteiger partial charge >= 0.3 is 0 Å². The van der Waals surface area contributed by atoms with Gasteiger partial charge in [0.25, 0.3) is 0 Å². The largest absolute Gasteiger partial charge is 0.192 e. The van der Waals surface area contributed by atoms with Crippen LogP contribution in [0.4, 0.5) is 0 Å². The van der Waals surface area contributed by atoms with Gasteiger partial charge in [0.2, 0.25) is 0 Å². The third-order valence-electron chi connectivity index (χ3n) is 0.903. The Labute approximate surface area is 80.1 Å². The van der Waals surface area contributed by atoms with Crippen molar-refractivity contribution in [1.82, 2.24) is 0 Å². The molecule has 0 saturated carbocycles. The van der Waals surface area contributed by atoms with E-state index in [1.165, 1.54) is 0 Å². The first-order valence-electron chi connectivity index (χ1n) is 2.38. The first kappa shape index (κ1) is 12.3. The minimum Gasteiger partial charge on any atom is -0.192 e. The third kappa shape index (κ3) is 3.64. The van der Waals surface area contributed by atoms with Crippen LogP contribution in [0.2, 0.25) is 0 Å². The van der Waals surface area contributed by atoms with Crippen LogP contribution in [0, 0.1) is 11.3 Å². The molecule has 0 aromatic heterocycles. The van der Waals surface area contributed by atoms with Crippen LogP contribution in [0.1, 0.15) is 5.56 Å². The van der Waals surface area contributed by atoms with Gasteiger partial charge in [-0.2, -0.15) is 5.26 Å². The second-order valence-corrected chi connectivity index (χ2v) is 1.48. The van der Waals surface area contributed by atoms with Crippen molar-refractivity contribution >= 4 is 12.4 Å². The van der Waals surface area contributed by atoms with Crippen molar-refractivity contribution < 1.29 is 20.4 Å². The third-order valence-corrected chi connectivity index (χ3v) is 0.903. The van der Waals surface area contributed by atoms with E-state index in [1.54, 1.807) is 12.1 Å². The van der Waals surface area contributed by atoms with Gasteiger partial charge in [-0.05, 0) is 12.1 Å². The minimum absolute atomic E-state index is 0. The molecule has 0 bridgehead atoms. The number of hydrogen-bond donors (Lipinski definition) is 0. The van der Waals surface area contributed by atoms with E-state index in [9.17, 15) is 0 Å². The molecule has 0 amide bonds. The van der Waals surface area contributed by atoms with Crippen LogP contribution in [-0.4, -0.2) is 0 Å². The molecule has 0 radical (unpaired) electrons. The molecule has 0 spiro atoms. The van der Waals surface area contributed by atoms with Crippen LogP contribution in [0.5, 0.6) is 0 Å². The first-order valence-corrected chi connectivity index (χ1v) is 2.38. The molecule has 0 fully saturated rings. The van der Waals surface area contributed by atoms with Gasteiger partial charge in [0, 0.05) is 20.4 Å². The number of benzene rings is 1. The van der Waals surface area contributed by atoms with E-state index in [0.717, 1.165) is 0 Å². The Morgan fingerprint density at radius 1 is 1.10 bits per heavy atom. The number of nitriles is 1. The second kappa shape index (κ2) is 6.78. The fourth-order valence-corrected chi connectivity index (χ4v) is 0.513. The molecule has 56 valence electrons. The maximum absolute atomic E-state index is 8.29. The number of rotatable bonds is 0. The summed E-state index contributed by atoms with van der Waals surface area (Å²) in [4.78, 5) is 0.